The summed E-state index contributed by atoms with van der Waals surface area (Å²) in [4.78, 5) is 27.8. The zero-order chi connectivity index (χ0) is 26.5. The Morgan fingerprint density at radius 1 is 1.30 bits per heavy atom. The maximum absolute atomic E-state index is 12.9. The number of nitriles is 2. The van der Waals surface area contributed by atoms with Gasteiger partial charge in [0.05, 0.1) is 17.6 Å². The van der Waals surface area contributed by atoms with Crippen LogP contribution in [0, 0.1) is 22.7 Å². The van der Waals surface area contributed by atoms with Crippen molar-refractivity contribution in [2.45, 2.75) is 52.2 Å². The van der Waals surface area contributed by atoms with E-state index in [1.807, 2.05) is 30.3 Å². The molecule has 10 nitrogen and oxygen atoms in total. The lowest BCUT2D eigenvalue weighted by molar-refractivity contribution is -0.115. The van der Waals surface area contributed by atoms with E-state index in [-0.39, 0.29) is 22.3 Å². The number of rotatable bonds is 7. The smallest absolute Gasteiger partial charge is 0.270 e. The van der Waals surface area contributed by atoms with Gasteiger partial charge in [0.25, 0.3) is 11.5 Å². The van der Waals surface area contributed by atoms with Crippen LogP contribution in [-0.4, -0.2) is 50.8 Å². The summed E-state index contributed by atoms with van der Waals surface area (Å²) < 4.78 is 4.10. The number of nitrogens with zero attached hydrogens (tertiary/aromatic N) is 6. The van der Waals surface area contributed by atoms with Crippen molar-refractivity contribution in [3.8, 4) is 12.1 Å². The maximum atomic E-state index is 12.9. The van der Waals surface area contributed by atoms with Gasteiger partial charge in [0.1, 0.15) is 21.8 Å². The molecule has 192 valence electrons. The van der Waals surface area contributed by atoms with E-state index in [0.29, 0.717) is 23.2 Å². The number of nitrogens with one attached hydrogen (secondary N) is 2. The Labute approximate surface area is 218 Å². The third-order valence-electron chi connectivity index (χ3n) is 6.60. The summed E-state index contributed by atoms with van der Waals surface area (Å²) in [5.74, 6) is -0.677. The van der Waals surface area contributed by atoms with Crippen molar-refractivity contribution >= 4 is 45.6 Å². The number of benzene rings is 1. The molecule has 0 unspecified atom stereocenters. The van der Waals surface area contributed by atoms with Gasteiger partial charge in [-0.25, -0.2) is 0 Å². The molecule has 3 aromatic rings. The van der Waals surface area contributed by atoms with Gasteiger partial charge in [-0.15, -0.1) is 11.3 Å². The fourth-order valence-corrected chi connectivity index (χ4v) is 5.62. The quantitative estimate of drug-likeness (QED) is 0.453. The van der Waals surface area contributed by atoms with Crippen molar-refractivity contribution in [1.29, 1.82) is 10.5 Å². The fraction of sp³-hybridized carbons (Fsp3) is 0.423. The monoisotopic (exact) mass is 518 g/mol. The van der Waals surface area contributed by atoms with Crippen LogP contribution in [0.5, 0.6) is 0 Å². The van der Waals surface area contributed by atoms with Crippen LogP contribution in [0.2, 0.25) is 0 Å². The predicted octanol–water partition coefficient (Wildman–Crippen LogP) is 1.49. The molecule has 0 spiro atoms. The molecule has 11 heteroatoms. The van der Waals surface area contributed by atoms with Gasteiger partial charge in [-0.2, -0.15) is 15.6 Å². The zero-order valence-electron chi connectivity index (χ0n) is 21.2. The average Bonchev–Trinajstić information content (AvgIpc) is 3.47. The van der Waals surface area contributed by atoms with Crippen LogP contribution in [0.25, 0.3) is 22.7 Å². The van der Waals surface area contributed by atoms with E-state index in [1.54, 1.807) is 13.1 Å². The molecule has 2 N–H and O–H groups in total. The summed E-state index contributed by atoms with van der Waals surface area (Å²) in [6.45, 7) is 8.47. The van der Waals surface area contributed by atoms with Crippen LogP contribution in [-0.2, 0) is 11.3 Å². The molecule has 0 atom stereocenters. The molecule has 2 aromatic heterocycles. The lowest BCUT2D eigenvalue weighted by atomic mass is 10.0. The number of likely N-dealkylation sites (tertiary alicyclic amines) is 1. The molecule has 3 heterocycles. The number of piperidine rings is 1. The average molecular weight is 519 g/mol. The van der Waals surface area contributed by atoms with Gasteiger partial charge in [0.15, 0.2) is 5.57 Å². The highest BCUT2D eigenvalue weighted by atomic mass is 32.1. The standard InChI is InChI=1S/C26H30N8O2S/c1-4-33-25(36)23(37-26(33)21(14-28)24(35)29-10-9-27)15-30-19-5-6-22-18(13-19)16-34(31-22)20-7-11-32(12-8-20)17(2)3/h5-6,13,15-17,20,30H,4,7-8,10-12H2,1-3H3,(H,29,35)/b23-15-,26-21+. The van der Waals surface area contributed by atoms with Gasteiger partial charge in [0.2, 0.25) is 0 Å². The zero-order valence-corrected chi connectivity index (χ0v) is 22.0. The van der Waals surface area contributed by atoms with Crippen molar-refractivity contribution in [2.75, 3.05) is 25.0 Å². The molecule has 37 heavy (non-hydrogen) atoms. The number of anilines is 1. The molecule has 1 aliphatic heterocycles. The van der Waals surface area contributed by atoms with Crippen LogP contribution in [0.1, 0.15) is 39.7 Å². The van der Waals surface area contributed by atoms with Gasteiger partial charge in [0, 0.05) is 49.1 Å². The van der Waals surface area contributed by atoms with E-state index in [0.717, 1.165) is 53.9 Å². The Kier molecular flexibility index (Phi) is 8.07. The Morgan fingerprint density at radius 3 is 2.70 bits per heavy atom. The van der Waals surface area contributed by atoms with Crippen molar-refractivity contribution in [2.24, 2.45) is 0 Å². The lowest BCUT2D eigenvalue weighted by Crippen LogP contribution is -2.39. The number of fused-ring (bicyclic) bond motifs is 1. The third-order valence-corrected chi connectivity index (χ3v) is 7.73. The first-order chi connectivity index (χ1) is 17.9. The van der Waals surface area contributed by atoms with Crippen molar-refractivity contribution in [1.82, 2.24) is 24.6 Å². The van der Waals surface area contributed by atoms with Crippen LogP contribution >= 0.6 is 11.3 Å². The number of thiazole rings is 1. The van der Waals surface area contributed by atoms with Gasteiger partial charge in [-0.05, 0) is 51.8 Å². The second-order valence-corrected chi connectivity index (χ2v) is 10.2. The Bertz CT molecular complexity index is 1560. The summed E-state index contributed by atoms with van der Waals surface area (Å²) in [7, 11) is 0. The minimum atomic E-state index is -0.677. The van der Waals surface area contributed by atoms with Crippen LogP contribution < -0.4 is 25.4 Å². The molecular formula is C26H30N8O2S. The minimum Gasteiger partial charge on any atom is -0.360 e. The van der Waals surface area contributed by atoms with Crippen molar-refractivity contribution in [3.63, 3.8) is 0 Å². The highest BCUT2D eigenvalue weighted by Crippen LogP contribution is 2.26. The maximum Gasteiger partial charge on any atom is 0.270 e. The molecule has 1 fully saturated rings. The third kappa shape index (κ3) is 5.58. The minimum absolute atomic E-state index is 0.188. The first kappa shape index (κ1) is 26.1. The van der Waals surface area contributed by atoms with Crippen LogP contribution in [0.15, 0.2) is 29.2 Å². The van der Waals surface area contributed by atoms with Crippen LogP contribution in [0.3, 0.4) is 0 Å². The van der Waals surface area contributed by atoms with Gasteiger partial charge >= 0.3 is 0 Å². The highest BCUT2D eigenvalue weighted by Gasteiger charge is 2.22. The summed E-state index contributed by atoms with van der Waals surface area (Å²) in [5, 5.41) is 29.6. The van der Waals surface area contributed by atoms with Crippen molar-refractivity contribution < 1.29 is 4.79 Å². The Morgan fingerprint density at radius 2 is 2.05 bits per heavy atom. The Balaban J connectivity index is 1.59. The topological polar surface area (TPSA) is 132 Å². The largest absolute Gasteiger partial charge is 0.360 e. The second-order valence-electron chi connectivity index (χ2n) is 9.18. The molecule has 4 rings (SSSR count). The van der Waals surface area contributed by atoms with E-state index in [4.69, 9.17) is 10.4 Å². The molecule has 0 radical (unpaired) electrons. The summed E-state index contributed by atoms with van der Waals surface area (Å²) in [6.07, 6.45) is 5.83. The Hall–Kier alpha value is -3.93. The molecule has 1 aliphatic rings. The highest BCUT2D eigenvalue weighted by molar-refractivity contribution is 7.07. The molecule has 0 saturated carbocycles. The van der Waals surface area contributed by atoms with E-state index in [9.17, 15) is 14.9 Å². The first-order valence-corrected chi connectivity index (χ1v) is 13.2. The lowest BCUT2D eigenvalue weighted by Gasteiger charge is -2.34. The second kappa shape index (κ2) is 11.4. The number of carbonyl (C=O) groups is 1. The number of aromatic nitrogens is 3. The molecule has 1 aromatic carbocycles. The summed E-state index contributed by atoms with van der Waals surface area (Å²) in [6, 6.07) is 10.5. The number of hydrogen-bond acceptors (Lipinski definition) is 8. The molecule has 1 saturated heterocycles. The normalized spacial score (nSPS) is 16.0. The molecule has 0 aliphatic carbocycles. The molecule has 0 bridgehead atoms. The number of hydrogen-bond donors (Lipinski definition) is 2. The SMILES string of the molecule is CCn1c(=O)/c(=C/Nc2ccc3nn(C4CCN(C(C)C)CC4)cc3c2)s/c1=C(\C#N)C(=O)NCC#N. The first-order valence-electron chi connectivity index (χ1n) is 12.3. The van der Waals surface area contributed by atoms with Gasteiger partial charge < -0.3 is 15.5 Å². The van der Waals surface area contributed by atoms with E-state index in [1.165, 1.54) is 4.57 Å². The molecule has 1 amide bonds. The van der Waals surface area contributed by atoms with Gasteiger partial charge in [-0.1, -0.05) is 0 Å². The van der Waals surface area contributed by atoms with Crippen molar-refractivity contribution in [3.05, 3.63) is 43.9 Å². The molecular weight excluding hydrogens is 488 g/mol. The summed E-state index contributed by atoms with van der Waals surface area (Å²) >= 11 is 1.06. The predicted molar refractivity (Wildman–Crippen MR) is 144 cm³/mol. The number of amides is 1. The van der Waals surface area contributed by atoms with Gasteiger partial charge in [-0.3, -0.25) is 18.8 Å². The van der Waals surface area contributed by atoms with Crippen LogP contribution in [0.4, 0.5) is 5.69 Å². The van der Waals surface area contributed by atoms with E-state index >= 15 is 0 Å². The fourth-order valence-electron chi connectivity index (χ4n) is 4.53. The summed E-state index contributed by atoms with van der Waals surface area (Å²) in [5.41, 5.74) is 1.24. The van der Waals surface area contributed by atoms with E-state index < -0.39 is 5.91 Å². The van der Waals surface area contributed by atoms with E-state index in [2.05, 4.69) is 40.3 Å². The number of carbonyl (C=O) groups excluding carboxylic acids is 1.